The molecule has 0 saturated carbocycles. The maximum Gasteiger partial charge on any atom is 0.163 e. The molecule has 1 aliphatic rings. The highest BCUT2D eigenvalue weighted by atomic mass is 127. The van der Waals surface area contributed by atoms with Crippen molar-refractivity contribution in [3.05, 3.63) is 45.9 Å². The molecule has 7 heteroatoms. The number of piperidine rings is 1. The van der Waals surface area contributed by atoms with Crippen molar-refractivity contribution in [2.24, 2.45) is 0 Å². The SMILES string of the molecule is Ic1cccc(CNc2ncnc3c2cnn3C2CCNCC2)c1. The largest absolute Gasteiger partial charge is 0.365 e. The van der Waals surface area contributed by atoms with Gasteiger partial charge in [0.15, 0.2) is 5.65 Å². The van der Waals surface area contributed by atoms with Gasteiger partial charge in [0.1, 0.15) is 12.1 Å². The maximum absolute atomic E-state index is 4.59. The second kappa shape index (κ2) is 7.02. The molecule has 0 spiro atoms. The molecule has 2 N–H and O–H groups in total. The van der Waals surface area contributed by atoms with E-state index in [1.54, 1.807) is 6.33 Å². The van der Waals surface area contributed by atoms with Crippen LogP contribution in [0.3, 0.4) is 0 Å². The number of anilines is 1. The molecule has 1 aromatic carbocycles. The molecule has 0 bridgehead atoms. The zero-order chi connectivity index (χ0) is 16.4. The van der Waals surface area contributed by atoms with Gasteiger partial charge >= 0.3 is 0 Å². The van der Waals surface area contributed by atoms with Crippen LogP contribution in [-0.4, -0.2) is 32.8 Å². The summed E-state index contributed by atoms with van der Waals surface area (Å²) in [6.07, 6.45) is 5.69. The lowest BCUT2D eigenvalue weighted by Crippen LogP contribution is -2.29. The van der Waals surface area contributed by atoms with Gasteiger partial charge in [0.2, 0.25) is 0 Å². The highest BCUT2D eigenvalue weighted by molar-refractivity contribution is 14.1. The molecule has 124 valence electrons. The molecule has 3 aromatic rings. The van der Waals surface area contributed by atoms with Gasteiger partial charge in [0.05, 0.1) is 17.6 Å². The minimum absolute atomic E-state index is 0.419. The molecular weight excluding hydrogens is 415 g/mol. The van der Waals surface area contributed by atoms with Crippen molar-refractivity contribution in [3.63, 3.8) is 0 Å². The number of halogens is 1. The molecule has 4 rings (SSSR count). The van der Waals surface area contributed by atoms with Crippen LogP contribution in [0.5, 0.6) is 0 Å². The van der Waals surface area contributed by atoms with Gasteiger partial charge in [-0.15, -0.1) is 0 Å². The first-order chi connectivity index (χ1) is 11.8. The van der Waals surface area contributed by atoms with Gasteiger partial charge in [-0.05, 0) is 66.2 Å². The molecular formula is C17H19IN6. The average molecular weight is 434 g/mol. The number of rotatable bonds is 4. The van der Waals surface area contributed by atoms with Crippen LogP contribution in [0.2, 0.25) is 0 Å². The first kappa shape index (κ1) is 15.8. The smallest absolute Gasteiger partial charge is 0.163 e. The third-order valence-corrected chi connectivity index (χ3v) is 5.07. The summed E-state index contributed by atoms with van der Waals surface area (Å²) in [6, 6.07) is 8.87. The lowest BCUT2D eigenvalue weighted by Gasteiger charge is -2.23. The number of aromatic nitrogens is 4. The minimum atomic E-state index is 0.419. The summed E-state index contributed by atoms with van der Waals surface area (Å²) < 4.78 is 3.30. The Hall–Kier alpha value is -1.74. The quantitative estimate of drug-likeness (QED) is 0.619. The van der Waals surface area contributed by atoms with Crippen LogP contribution in [0, 0.1) is 3.57 Å². The Labute approximate surface area is 154 Å². The van der Waals surface area contributed by atoms with Gasteiger partial charge in [0, 0.05) is 10.1 Å². The number of hydrogen-bond donors (Lipinski definition) is 2. The Bertz CT molecular complexity index is 840. The summed E-state index contributed by atoms with van der Waals surface area (Å²) >= 11 is 2.33. The molecule has 0 amide bonds. The maximum atomic E-state index is 4.59. The minimum Gasteiger partial charge on any atom is -0.365 e. The highest BCUT2D eigenvalue weighted by Gasteiger charge is 2.19. The Balaban J connectivity index is 1.58. The Kier molecular flexibility index (Phi) is 4.61. The number of benzene rings is 1. The van der Waals surface area contributed by atoms with E-state index in [4.69, 9.17) is 0 Å². The highest BCUT2D eigenvalue weighted by Crippen LogP contribution is 2.25. The molecule has 0 radical (unpaired) electrons. The summed E-state index contributed by atoms with van der Waals surface area (Å²) in [5, 5.41) is 12.4. The number of nitrogens with zero attached hydrogens (tertiary/aromatic N) is 4. The van der Waals surface area contributed by atoms with Crippen molar-refractivity contribution in [1.29, 1.82) is 0 Å². The van der Waals surface area contributed by atoms with Crippen molar-refractivity contribution in [2.75, 3.05) is 18.4 Å². The fourth-order valence-electron chi connectivity index (χ4n) is 3.15. The third kappa shape index (κ3) is 3.23. The Morgan fingerprint density at radius 2 is 2.12 bits per heavy atom. The predicted octanol–water partition coefficient (Wildman–Crippen LogP) is 2.97. The molecule has 1 saturated heterocycles. The first-order valence-corrected chi connectivity index (χ1v) is 9.26. The predicted molar refractivity (Wildman–Crippen MR) is 103 cm³/mol. The van der Waals surface area contributed by atoms with Crippen molar-refractivity contribution in [3.8, 4) is 0 Å². The second-order valence-electron chi connectivity index (χ2n) is 6.01. The van der Waals surface area contributed by atoms with Crippen LogP contribution in [0.25, 0.3) is 11.0 Å². The van der Waals surface area contributed by atoms with E-state index in [1.807, 2.05) is 6.20 Å². The van der Waals surface area contributed by atoms with Gasteiger partial charge in [-0.3, -0.25) is 0 Å². The molecule has 2 aromatic heterocycles. The molecule has 0 aliphatic carbocycles. The van der Waals surface area contributed by atoms with E-state index in [0.717, 1.165) is 49.3 Å². The van der Waals surface area contributed by atoms with E-state index in [9.17, 15) is 0 Å². The zero-order valence-electron chi connectivity index (χ0n) is 13.2. The van der Waals surface area contributed by atoms with Gasteiger partial charge in [-0.2, -0.15) is 5.10 Å². The standard InChI is InChI=1S/C17H19IN6/c18-13-3-1-2-12(8-13)9-20-16-15-10-23-24(17(15)22-11-21-16)14-4-6-19-7-5-14/h1-3,8,10-11,14,19H,4-7,9H2,(H,20,21,22). The molecule has 6 nitrogen and oxygen atoms in total. The topological polar surface area (TPSA) is 67.7 Å². The Morgan fingerprint density at radius 1 is 1.25 bits per heavy atom. The lowest BCUT2D eigenvalue weighted by molar-refractivity contribution is 0.349. The second-order valence-corrected chi connectivity index (χ2v) is 7.26. The van der Waals surface area contributed by atoms with E-state index in [-0.39, 0.29) is 0 Å². The lowest BCUT2D eigenvalue weighted by atomic mass is 10.1. The molecule has 3 heterocycles. The van der Waals surface area contributed by atoms with Crippen LogP contribution in [0.15, 0.2) is 36.8 Å². The normalized spacial score (nSPS) is 15.7. The van der Waals surface area contributed by atoms with Crippen molar-refractivity contribution in [2.45, 2.75) is 25.4 Å². The number of fused-ring (bicyclic) bond motifs is 1. The molecule has 0 atom stereocenters. The fraction of sp³-hybridized carbons (Fsp3) is 0.353. The van der Waals surface area contributed by atoms with Crippen molar-refractivity contribution >= 4 is 39.4 Å². The summed E-state index contributed by atoms with van der Waals surface area (Å²) in [4.78, 5) is 8.89. The van der Waals surface area contributed by atoms with Crippen LogP contribution in [0.4, 0.5) is 5.82 Å². The van der Waals surface area contributed by atoms with Gasteiger partial charge < -0.3 is 10.6 Å². The number of hydrogen-bond acceptors (Lipinski definition) is 5. The van der Waals surface area contributed by atoms with Crippen LogP contribution >= 0.6 is 22.6 Å². The van der Waals surface area contributed by atoms with E-state index < -0.39 is 0 Å². The van der Waals surface area contributed by atoms with Crippen LogP contribution in [-0.2, 0) is 6.54 Å². The van der Waals surface area contributed by atoms with E-state index >= 15 is 0 Å². The molecule has 1 fully saturated rings. The van der Waals surface area contributed by atoms with Gasteiger partial charge in [-0.1, -0.05) is 12.1 Å². The summed E-state index contributed by atoms with van der Waals surface area (Å²) in [7, 11) is 0. The van der Waals surface area contributed by atoms with Gasteiger partial charge in [-0.25, -0.2) is 14.6 Å². The van der Waals surface area contributed by atoms with Crippen molar-refractivity contribution in [1.82, 2.24) is 25.1 Å². The van der Waals surface area contributed by atoms with Crippen molar-refractivity contribution < 1.29 is 0 Å². The third-order valence-electron chi connectivity index (χ3n) is 4.39. The first-order valence-electron chi connectivity index (χ1n) is 8.18. The zero-order valence-corrected chi connectivity index (χ0v) is 15.4. The Morgan fingerprint density at radius 3 is 2.96 bits per heavy atom. The summed E-state index contributed by atoms with van der Waals surface area (Å²) in [5.74, 6) is 0.846. The monoisotopic (exact) mass is 434 g/mol. The van der Waals surface area contributed by atoms with Crippen LogP contribution in [0.1, 0.15) is 24.4 Å². The fourth-order valence-corrected chi connectivity index (χ4v) is 3.76. The van der Waals surface area contributed by atoms with Gasteiger partial charge in [0.25, 0.3) is 0 Å². The summed E-state index contributed by atoms with van der Waals surface area (Å²) in [5.41, 5.74) is 2.15. The molecule has 1 aliphatic heterocycles. The average Bonchev–Trinajstić information content (AvgIpc) is 3.05. The van der Waals surface area contributed by atoms with E-state index in [0.29, 0.717) is 6.04 Å². The van der Waals surface area contributed by atoms with Crippen LogP contribution < -0.4 is 10.6 Å². The number of nitrogens with one attached hydrogen (secondary N) is 2. The van der Waals surface area contributed by atoms with E-state index in [1.165, 1.54) is 9.13 Å². The van der Waals surface area contributed by atoms with E-state index in [2.05, 4.69) is 77.2 Å². The molecule has 24 heavy (non-hydrogen) atoms. The summed E-state index contributed by atoms with van der Waals surface area (Å²) in [6.45, 7) is 2.81. The molecule has 0 unspecified atom stereocenters.